The summed E-state index contributed by atoms with van der Waals surface area (Å²) in [6.07, 6.45) is 10.7. The zero-order valence-electron chi connectivity index (χ0n) is 18.5. The summed E-state index contributed by atoms with van der Waals surface area (Å²) in [7, 11) is 0. The number of hydrogen-bond donors (Lipinski definition) is 0. The molecule has 3 rings (SSSR count). The van der Waals surface area contributed by atoms with Gasteiger partial charge in [-0.1, -0.05) is 37.8 Å². The molecule has 32 heavy (non-hydrogen) atoms. The minimum absolute atomic E-state index is 0.169. The molecule has 2 fully saturated rings. The summed E-state index contributed by atoms with van der Waals surface area (Å²) in [5.41, 5.74) is 1.04. The molecule has 176 valence electrons. The number of nitriles is 1. The van der Waals surface area contributed by atoms with Gasteiger partial charge in [0, 0.05) is 0 Å². The van der Waals surface area contributed by atoms with Crippen LogP contribution in [0.25, 0.3) is 0 Å². The highest BCUT2D eigenvalue weighted by molar-refractivity contribution is 5.27. The number of alkyl halides is 3. The van der Waals surface area contributed by atoms with E-state index in [1.54, 1.807) is 18.2 Å². The lowest BCUT2D eigenvalue weighted by Gasteiger charge is -2.37. The molecule has 0 aromatic heterocycles. The monoisotopic (exact) mass is 451 g/mol. The molecule has 2 aliphatic rings. The third-order valence-corrected chi connectivity index (χ3v) is 7.35. The van der Waals surface area contributed by atoms with Crippen molar-refractivity contribution < 1.29 is 22.3 Å². The lowest BCUT2D eigenvalue weighted by atomic mass is 9.68. The van der Waals surface area contributed by atoms with Gasteiger partial charge in [0.15, 0.2) is 5.83 Å². The maximum atomic E-state index is 13.2. The van der Waals surface area contributed by atoms with Crippen molar-refractivity contribution in [2.75, 3.05) is 0 Å². The number of hydrogen-bond acceptors (Lipinski definition) is 2. The summed E-state index contributed by atoms with van der Waals surface area (Å²) in [5.74, 6) is 1.77. The van der Waals surface area contributed by atoms with Crippen LogP contribution in [0.15, 0.2) is 36.2 Å². The van der Waals surface area contributed by atoms with Gasteiger partial charge in [-0.05, 0) is 98.8 Å². The fourth-order valence-electron chi connectivity index (χ4n) is 5.60. The molecule has 0 heterocycles. The normalized spacial score (nSPS) is 27.0. The number of unbranched alkanes of at least 4 members (excludes halogenated alkanes) is 1. The van der Waals surface area contributed by atoms with E-state index in [0.717, 1.165) is 68.3 Å². The molecule has 2 saturated carbocycles. The van der Waals surface area contributed by atoms with Crippen molar-refractivity contribution in [1.82, 2.24) is 0 Å². The van der Waals surface area contributed by atoms with Crippen LogP contribution in [-0.2, 0) is 6.42 Å². The topological polar surface area (TPSA) is 33.0 Å². The van der Waals surface area contributed by atoms with E-state index < -0.39 is 12.2 Å². The Kier molecular flexibility index (Phi) is 9.02. The van der Waals surface area contributed by atoms with Crippen molar-refractivity contribution in [2.45, 2.75) is 83.4 Å². The van der Waals surface area contributed by atoms with Gasteiger partial charge in [-0.2, -0.15) is 9.65 Å². The molecule has 0 radical (unpaired) electrons. The first kappa shape index (κ1) is 24.6. The molecule has 1 aromatic carbocycles. The van der Waals surface area contributed by atoms with Crippen molar-refractivity contribution in [3.8, 4) is 11.8 Å². The minimum Gasteiger partial charge on any atom is -0.406 e. The number of aryl methyl sites for hydroxylation is 1. The van der Waals surface area contributed by atoms with Crippen LogP contribution in [-0.4, -0.2) is 6.36 Å². The maximum absolute atomic E-state index is 13.2. The summed E-state index contributed by atoms with van der Waals surface area (Å²) < 4.78 is 53.7. The third-order valence-electron chi connectivity index (χ3n) is 7.35. The molecule has 0 bridgehead atoms. The van der Waals surface area contributed by atoms with Crippen LogP contribution in [0, 0.1) is 35.0 Å². The van der Waals surface area contributed by atoms with E-state index in [0.29, 0.717) is 0 Å². The van der Waals surface area contributed by atoms with Gasteiger partial charge in [-0.25, -0.2) is 0 Å². The Morgan fingerprint density at radius 3 is 2.09 bits per heavy atom. The Bertz CT molecular complexity index is 765. The lowest BCUT2D eigenvalue weighted by Crippen LogP contribution is -2.25. The molecule has 2 aliphatic carbocycles. The predicted molar refractivity (Wildman–Crippen MR) is 116 cm³/mol. The number of nitrogens with zero attached hydrogens (tertiary/aromatic N) is 1. The van der Waals surface area contributed by atoms with E-state index in [4.69, 9.17) is 5.26 Å². The maximum Gasteiger partial charge on any atom is 0.573 e. The van der Waals surface area contributed by atoms with Crippen LogP contribution in [0.2, 0.25) is 0 Å². The number of rotatable bonds is 8. The molecule has 6 heteroatoms. The van der Waals surface area contributed by atoms with Crippen LogP contribution in [0.5, 0.6) is 5.75 Å². The molecule has 0 aliphatic heterocycles. The largest absolute Gasteiger partial charge is 0.573 e. The molecule has 0 amide bonds. The second-order valence-corrected chi connectivity index (χ2v) is 9.52. The van der Waals surface area contributed by atoms with Crippen molar-refractivity contribution >= 4 is 0 Å². The zero-order chi connectivity index (χ0) is 23.0. The standard InChI is InChI=1S/C26H33F4NO/c27-24(18-31)17-21-7-13-23(14-8-21)22-11-5-19(6-12-22)3-1-2-4-20-9-15-25(16-10-20)32-26(28,29)30/h9-10,15-17,19,21-23H,1-8,11-14H2/t19-,21-,22-,23-. The number of halogens is 4. The van der Waals surface area contributed by atoms with E-state index >= 15 is 0 Å². The highest BCUT2D eigenvalue weighted by Crippen LogP contribution is 2.42. The first-order chi connectivity index (χ1) is 15.3. The Hall–Kier alpha value is -2.03. The average molecular weight is 452 g/mol. The van der Waals surface area contributed by atoms with Gasteiger partial charge in [0.2, 0.25) is 0 Å². The van der Waals surface area contributed by atoms with Crippen molar-refractivity contribution in [3.63, 3.8) is 0 Å². The Balaban J connectivity index is 1.29. The van der Waals surface area contributed by atoms with Gasteiger partial charge >= 0.3 is 6.36 Å². The molecule has 0 spiro atoms. The fourth-order valence-corrected chi connectivity index (χ4v) is 5.60. The molecular formula is C26H33F4NO. The zero-order valence-corrected chi connectivity index (χ0v) is 18.5. The van der Waals surface area contributed by atoms with Crippen molar-refractivity contribution in [2.24, 2.45) is 23.7 Å². The number of allylic oxidation sites excluding steroid dienone is 2. The van der Waals surface area contributed by atoms with Crippen LogP contribution in [0.3, 0.4) is 0 Å². The van der Waals surface area contributed by atoms with E-state index in [2.05, 4.69) is 4.74 Å². The van der Waals surface area contributed by atoms with Crippen molar-refractivity contribution in [1.29, 1.82) is 5.26 Å². The summed E-state index contributed by atoms with van der Waals surface area (Å²) in [6.45, 7) is 0. The highest BCUT2D eigenvalue weighted by atomic mass is 19.4. The summed E-state index contributed by atoms with van der Waals surface area (Å²) in [5, 5.41) is 8.59. The smallest absolute Gasteiger partial charge is 0.406 e. The van der Waals surface area contributed by atoms with Gasteiger partial charge in [-0.15, -0.1) is 13.2 Å². The second-order valence-electron chi connectivity index (χ2n) is 9.52. The van der Waals surface area contributed by atoms with E-state index in [1.807, 2.05) is 0 Å². The highest BCUT2D eigenvalue weighted by Gasteiger charge is 2.31. The molecule has 1 aromatic rings. The first-order valence-electron chi connectivity index (χ1n) is 11.9. The van der Waals surface area contributed by atoms with Crippen LogP contribution in [0.4, 0.5) is 17.6 Å². The lowest BCUT2D eigenvalue weighted by molar-refractivity contribution is -0.274. The fraction of sp³-hybridized carbons (Fsp3) is 0.654. The predicted octanol–water partition coefficient (Wildman–Crippen LogP) is 8.29. The number of benzene rings is 1. The van der Waals surface area contributed by atoms with Crippen molar-refractivity contribution in [3.05, 3.63) is 41.7 Å². The molecule has 0 unspecified atom stereocenters. The minimum atomic E-state index is -4.64. The van der Waals surface area contributed by atoms with Gasteiger partial charge in [-0.3, -0.25) is 0 Å². The van der Waals surface area contributed by atoms with Gasteiger partial charge in [0.05, 0.1) is 0 Å². The van der Waals surface area contributed by atoms with Gasteiger partial charge < -0.3 is 4.74 Å². The van der Waals surface area contributed by atoms with Gasteiger partial charge in [0.25, 0.3) is 0 Å². The van der Waals surface area contributed by atoms with Crippen LogP contribution in [0.1, 0.15) is 76.2 Å². The molecule has 0 saturated heterocycles. The van der Waals surface area contributed by atoms with Crippen LogP contribution < -0.4 is 4.74 Å². The Morgan fingerprint density at radius 1 is 0.938 bits per heavy atom. The summed E-state index contributed by atoms with van der Waals surface area (Å²) in [6, 6.07) is 7.78. The molecule has 0 N–H and O–H groups in total. The first-order valence-corrected chi connectivity index (χ1v) is 11.9. The Labute approximate surface area is 188 Å². The van der Waals surface area contributed by atoms with Gasteiger partial charge in [0.1, 0.15) is 11.8 Å². The molecule has 2 nitrogen and oxygen atoms in total. The third kappa shape index (κ3) is 8.15. The Morgan fingerprint density at radius 2 is 1.53 bits per heavy atom. The van der Waals surface area contributed by atoms with E-state index in [1.165, 1.54) is 50.3 Å². The average Bonchev–Trinajstić information content (AvgIpc) is 2.78. The second kappa shape index (κ2) is 11.7. The molecule has 0 atom stereocenters. The van der Waals surface area contributed by atoms with E-state index in [9.17, 15) is 17.6 Å². The number of ether oxygens (including phenoxy) is 1. The van der Waals surface area contributed by atoms with Crippen LogP contribution >= 0.6 is 0 Å². The van der Waals surface area contributed by atoms with E-state index in [-0.39, 0.29) is 11.7 Å². The summed E-state index contributed by atoms with van der Waals surface area (Å²) >= 11 is 0. The molecular weight excluding hydrogens is 418 g/mol. The SMILES string of the molecule is N#CC(F)=C[C@H]1CC[C@H]([C@H]2CC[C@H](CCCCc3ccc(OC(F)(F)F)cc3)CC2)CC1. The quantitative estimate of drug-likeness (QED) is 0.226. The summed E-state index contributed by atoms with van der Waals surface area (Å²) in [4.78, 5) is 0.